The van der Waals surface area contributed by atoms with E-state index in [-0.39, 0.29) is 24.1 Å². The minimum atomic E-state index is -2.80. The number of hydrogen-bond donors (Lipinski definition) is 5. The van der Waals surface area contributed by atoms with Crippen LogP contribution in [0, 0.1) is 12.7 Å². The molecule has 0 amide bonds. The van der Waals surface area contributed by atoms with Gasteiger partial charge >= 0.3 is 5.97 Å². The number of rotatable bonds is 7. The molecule has 0 saturated carbocycles. The molecule has 1 saturated heterocycles. The molecule has 2 heterocycles. The van der Waals surface area contributed by atoms with Crippen LogP contribution in [0.2, 0.25) is 0 Å². The predicted octanol–water partition coefficient (Wildman–Crippen LogP) is 0.00962. The van der Waals surface area contributed by atoms with Crippen LogP contribution in [0.4, 0.5) is 4.39 Å². The maximum atomic E-state index is 14.2. The van der Waals surface area contributed by atoms with E-state index in [9.17, 15) is 29.9 Å². The van der Waals surface area contributed by atoms with Gasteiger partial charge < -0.3 is 39.7 Å². The van der Waals surface area contributed by atoms with Crippen molar-refractivity contribution in [1.29, 1.82) is 0 Å². The van der Waals surface area contributed by atoms with E-state index in [1.165, 1.54) is 19.2 Å². The fourth-order valence-corrected chi connectivity index (χ4v) is 3.69. The van der Waals surface area contributed by atoms with Crippen molar-refractivity contribution in [3.05, 3.63) is 40.8 Å². The van der Waals surface area contributed by atoms with Gasteiger partial charge in [-0.1, -0.05) is 6.07 Å². The Labute approximate surface area is 184 Å². The number of methoxy groups -OCH3 is 1. The van der Waals surface area contributed by atoms with E-state index in [4.69, 9.17) is 14.2 Å². The van der Waals surface area contributed by atoms with Gasteiger partial charge in [-0.3, -0.25) is 4.68 Å². The SMILES string of the molecule is COc1ccc(Cc2c(O[C@]3(O)O[C@H](CO)[C@@H](O)[C@H](O)[C@H]3O)nn(C(C)C)c2C)cc1F. The zero-order chi connectivity index (χ0) is 23.8. The smallest absolute Gasteiger partial charge is 0.356 e. The molecule has 1 aliphatic heterocycles. The van der Waals surface area contributed by atoms with E-state index < -0.39 is 42.8 Å². The molecule has 3 rings (SSSR count). The Balaban J connectivity index is 1.99. The maximum Gasteiger partial charge on any atom is 0.356 e. The number of aliphatic hydroxyl groups excluding tert-OH is 4. The molecule has 0 spiro atoms. The summed E-state index contributed by atoms with van der Waals surface area (Å²) in [4.78, 5) is 0. The molecule has 32 heavy (non-hydrogen) atoms. The van der Waals surface area contributed by atoms with Gasteiger partial charge in [0.25, 0.3) is 0 Å². The number of benzene rings is 1. The Kier molecular flexibility index (Phi) is 7.08. The first kappa shape index (κ1) is 24.4. The summed E-state index contributed by atoms with van der Waals surface area (Å²) >= 11 is 0. The van der Waals surface area contributed by atoms with Crippen molar-refractivity contribution in [2.45, 2.75) is 63.6 Å². The number of ether oxygens (including phenoxy) is 3. The highest BCUT2D eigenvalue weighted by Crippen LogP contribution is 2.34. The van der Waals surface area contributed by atoms with Crippen molar-refractivity contribution in [2.24, 2.45) is 0 Å². The Morgan fingerprint density at radius 1 is 1.25 bits per heavy atom. The second-order valence-corrected chi connectivity index (χ2v) is 8.05. The zero-order valence-electron chi connectivity index (χ0n) is 18.3. The molecule has 5 N–H and O–H groups in total. The molecule has 10 nitrogen and oxygen atoms in total. The molecular formula is C21H29FN2O8. The van der Waals surface area contributed by atoms with Crippen LogP contribution in [0.15, 0.2) is 18.2 Å². The average molecular weight is 456 g/mol. The summed E-state index contributed by atoms with van der Waals surface area (Å²) in [6, 6.07) is 4.36. The van der Waals surface area contributed by atoms with Gasteiger partial charge in [-0.25, -0.2) is 4.39 Å². The van der Waals surface area contributed by atoms with Crippen molar-refractivity contribution in [1.82, 2.24) is 9.78 Å². The van der Waals surface area contributed by atoms with Crippen molar-refractivity contribution >= 4 is 0 Å². The topological polar surface area (TPSA) is 147 Å². The number of aliphatic hydroxyl groups is 5. The minimum Gasteiger partial charge on any atom is -0.494 e. The first-order chi connectivity index (χ1) is 15.0. The van der Waals surface area contributed by atoms with Crippen molar-refractivity contribution in [3.63, 3.8) is 0 Å². The minimum absolute atomic E-state index is 0.0930. The van der Waals surface area contributed by atoms with E-state index in [1.54, 1.807) is 17.7 Å². The molecule has 1 aromatic carbocycles. The van der Waals surface area contributed by atoms with Gasteiger partial charge in [0.2, 0.25) is 5.88 Å². The molecule has 5 atom stereocenters. The lowest BCUT2D eigenvalue weighted by Crippen LogP contribution is -2.67. The second-order valence-electron chi connectivity index (χ2n) is 8.05. The standard InChI is InChI=1S/C21H29FN2O8/c1-10(2)24-11(3)13(7-12-5-6-15(30-4)14(22)8-12)20(23-24)32-21(29)19(28)18(27)17(26)16(9-25)31-21/h5-6,8,10,16-19,25-29H,7,9H2,1-4H3/t16-,17-,18+,19-,21-/m1/s1. The molecule has 11 heteroatoms. The van der Waals surface area contributed by atoms with E-state index in [1.807, 2.05) is 13.8 Å². The summed E-state index contributed by atoms with van der Waals surface area (Å²) in [5, 5.41) is 54.9. The van der Waals surface area contributed by atoms with Crippen LogP contribution in [0.5, 0.6) is 11.6 Å². The molecule has 0 aliphatic carbocycles. The van der Waals surface area contributed by atoms with Crippen LogP contribution in [0.1, 0.15) is 36.7 Å². The summed E-state index contributed by atoms with van der Waals surface area (Å²) < 4.78 is 31.5. The van der Waals surface area contributed by atoms with Crippen LogP contribution in [-0.4, -0.2) is 79.4 Å². The number of halogens is 1. The molecule has 2 aromatic rings. The number of nitrogens with zero attached hydrogens (tertiary/aromatic N) is 2. The van der Waals surface area contributed by atoms with E-state index in [0.717, 1.165) is 0 Å². The molecule has 1 aromatic heterocycles. The van der Waals surface area contributed by atoms with Crippen molar-refractivity contribution in [3.8, 4) is 11.6 Å². The first-order valence-corrected chi connectivity index (χ1v) is 10.2. The van der Waals surface area contributed by atoms with Gasteiger partial charge in [-0.2, -0.15) is 0 Å². The molecule has 0 unspecified atom stereocenters. The molecule has 1 aliphatic rings. The van der Waals surface area contributed by atoms with Crippen LogP contribution < -0.4 is 9.47 Å². The number of hydrogen-bond acceptors (Lipinski definition) is 9. The number of aromatic nitrogens is 2. The van der Waals surface area contributed by atoms with Gasteiger partial charge in [0, 0.05) is 23.7 Å². The highest BCUT2D eigenvalue weighted by molar-refractivity contribution is 5.39. The molecule has 0 radical (unpaired) electrons. The largest absolute Gasteiger partial charge is 0.494 e. The molecular weight excluding hydrogens is 427 g/mol. The summed E-state index contributed by atoms with van der Waals surface area (Å²) in [6.45, 7) is 4.78. The Bertz CT molecular complexity index is 950. The fraction of sp³-hybridized carbons (Fsp3) is 0.571. The summed E-state index contributed by atoms with van der Waals surface area (Å²) in [5.41, 5.74) is 1.72. The third-order valence-electron chi connectivity index (χ3n) is 5.49. The highest BCUT2D eigenvalue weighted by atomic mass is 19.1. The Hall–Kier alpha value is -2.28. The Morgan fingerprint density at radius 3 is 2.50 bits per heavy atom. The summed E-state index contributed by atoms with van der Waals surface area (Å²) in [6.07, 6.45) is -6.80. The second kappa shape index (κ2) is 9.30. The van der Waals surface area contributed by atoms with Crippen molar-refractivity contribution < 1.29 is 44.1 Å². The lowest BCUT2D eigenvalue weighted by Gasteiger charge is -2.43. The Morgan fingerprint density at radius 2 is 1.94 bits per heavy atom. The van der Waals surface area contributed by atoms with Gasteiger partial charge in [-0.15, -0.1) is 5.10 Å². The molecule has 1 fully saturated rings. The van der Waals surface area contributed by atoms with Gasteiger partial charge in [-0.05, 0) is 38.5 Å². The average Bonchev–Trinajstić information content (AvgIpc) is 3.05. The maximum absolute atomic E-state index is 14.2. The van der Waals surface area contributed by atoms with Crippen molar-refractivity contribution in [2.75, 3.05) is 13.7 Å². The summed E-state index contributed by atoms with van der Waals surface area (Å²) in [7, 11) is 1.36. The quantitative estimate of drug-likeness (QED) is 0.364. The third kappa shape index (κ3) is 4.45. The predicted molar refractivity (Wildman–Crippen MR) is 109 cm³/mol. The van der Waals surface area contributed by atoms with Crippen LogP contribution >= 0.6 is 0 Å². The normalized spacial score (nSPS) is 28.2. The molecule has 0 bridgehead atoms. The van der Waals surface area contributed by atoms with Gasteiger partial charge in [0.15, 0.2) is 17.7 Å². The monoisotopic (exact) mass is 456 g/mol. The van der Waals surface area contributed by atoms with Gasteiger partial charge in [0.05, 0.1) is 13.7 Å². The lowest BCUT2D eigenvalue weighted by atomic mass is 9.98. The summed E-state index contributed by atoms with van der Waals surface area (Å²) in [5.74, 6) is -3.37. The zero-order valence-corrected chi connectivity index (χ0v) is 18.3. The van der Waals surface area contributed by atoms with E-state index in [0.29, 0.717) is 16.8 Å². The fourth-order valence-electron chi connectivity index (χ4n) is 3.69. The molecule has 178 valence electrons. The van der Waals surface area contributed by atoms with E-state index in [2.05, 4.69) is 5.10 Å². The van der Waals surface area contributed by atoms with Gasteiger partial charge in [0.1, 0.15) is 18.3 Å². The van der Waals surface area contributed by atoms with Crippen LogP contribution in [0.3, 0.4) is 0 Å². The highest BCUT2D eigenvalue weighted by Gasteiger charge is 2.55. The third-order valence-corrected chi connectivity index (χ3v) is 5.49. The first-order valence-electron chi connectivity index (χ1n) is 10.2. The van der Waals surface area contributed by atoms with Crippen LogP contribution in [0.25, 0.3) is 0 Å². The lowest BCUT2D eigenvalue weighted by molar-refractivity contribution is -0.423. The van der Waals surface area contributed by atoms with E-state index >= 15 is 0 Å². The van der Waals surface area contributed by atoms with Crippen LogP contribution in [-0.2, 0) is 11.2 Å².